The highest BCUT2D eigenvalue weighted by Crippen LogP contribution is 2.49. The van der Waals surface area contributed by atoms with Crippen molar-refractivity contribution in [1.29, 1.82) is 0 Å². The summed E-state index contributed by atoms with van der Waals surface area (Å²) >= 11 is 12.4. The summed E-state index contributed by atoms with van der Waals surface area (Å²) in [5, 5.41) is 22.5. The summed E-state index contributed by atoms with van der Waals surface area (Å²) in [6.45, 7) is 1.90. The summed E-state index contributed by atoms with van der Waals surface area (Å²) in [6, 6.07) is 11.8. The minimum absolute atomic E-state index is 0.0717. The van der Waals surface area contributed by atoms with E-state index in [0.717, 1.165) is 0 Å². The minimum atomic E-state index is -1.51. The first-order valence-corrected chi connectivity index (χ1v) is 13.9. The normalized spacial score (nSPS) is 18.3. The van der Waals surface area contributed by atoms with Crippen LogP contribution in [0.3, 0.4) is 0 Å². The standard InChI is InChI=1S/C30H31Cl2FN4O4/c1-4-29(39,27-17-36(2)18-35-27)21-11-19-15-37(16-25-26(40-3)13-23(32)14-34-25)30(41-10-9-38,28(19)24(33)12-21)20-5-7-22(31)8-6-20/h5-8,11-14,17-18,38-39H,4,9-10,15-16H2,1-3H3/t29?,30-/m1/s1. The number of ether oxygens (including phenoxy) is 2. The maximum Gasteiger partial charge on any atom is 0.177 e. The summed E-state index contributed by atoms with van der Waals surface area (Å²) in [6.07, 6.45) is 5.12. The van der Waals surface area contributed by atoms with Gasteiger partial charge in [-0.3, -0.25) is 9.88 Å². The number of aliphatic hydroxyl groups is 2. The predicted molar refractivity (Wildman–Crippen MR) is 153 cm³/mol. The first kappa shape index (κ1) is 29.4. The topological polar surface area (TPSA) is 92.9 Å². The maximum absolute atomic E-state index is 16.5. The molecule has 0 radical (unpaired) electrons. The van der Waals surface area contributed by atoms with Crippen molar-refractivity contribution in [3.05, 3.63) is 111 Å². The van der Waals surface area contributed by atoms with Gasteiger partial charge in [0.2, 0.25) is 0 Å². The van der Waals surface area contributed by atoms with Crippen LogP contribution in [0.5, 0.6) is 5.75 Å². The van der Waals surface area contributed by atoms with Gasteiger partial charge in [0.25, 0.3) is 0 Å². The zero-order valence-corrected chi connectivity index (χ0v) is 24.5. The van der Waals surface area contributed by atoms with Gasteiger partial charge in [-0.1, -0.05) is 48.3 Å². The van der Waals surface area contributed by atoms with Gasteiger partial charge < -0.3 is 24.3 Å². The van der Waals surface area contributed by atoms with Gasteiger partial charge in [0.15, 0.2) is 5.72 Å². The van der Waals surface area contributed by atoms with E-state index in [4.69, 9.17) is 32.7 Å². The average Bonchev–Trinajstić information content (AvgIpc) is 3.54. The van der Waals surface area contributed by atoms with Crippen LogP contribution in [-0.2, 0) is 36.2 Å². The highest BCUT2D eigenvalue weighted by Gasteiger charge is 2.51. The van der Waals surface area contributed by atoms with Gasteiger partial charge in [0.05, 0.1) is 43.1 Å². The number of halogens is 3. The molecule has 0 aliphatic carbocycles. The van der Waals surface area contributed by atoms with E-state index in [-0.39, 0.29) is 38.3 Å². The summed E-state index contributed by atoms with van der Waals surface area (Å²) in [4.78, 5) is 10.8. The Morgan fingerprint density at radius 2 is 1.88 bits per heavy atom. The summed E-state index contributed by atoms with van der Waals surface area (Å²) in [5.41, 5.74) is -0.0849. The van der Waals surface area contributed by atoms with Crippen molar-refractivity contribution < 1.29 is 24.1 Å². The number of rotatable bonds is 10. The zero-order valence-electron chi connectivity index (χ0n) is 22.9. The van der Waals surface area contributed by atoms with E-state index in [1.807, 2.05) is 18.9 Å². The third kappa shape index (κ3) is 5.22. The number of methoxy groups -OCH3 is 1. The Labute approximate surface area is 247 Å². The highest BCUT2D eigenvalue weighted by molar-refractivity contribution is 6.30. The minimum Gasteiger partial charge on any atom is -0.495 e. The number of aryl methyl sites for hydroxylation is 1. The van der Waals surface area contributed by atoms with Crippen molar-refractivity contribution in [3.63, 3.8) is 0 Å². The van der Waals surface area contributed by atoms with E-state index in [1.54, 1.807) is 53.5 Å². The van der Waals surface area contributed by atoms with E-state index in [0.29, 0.717) is 43.9 Å². The zero-order chi connectivity index (χ0) is 29.4. The lowest BCUT2D eigenvalue weighted by Gasteiger charge is -2.39. The first-order chi connectivity index (χ1) is 19.7. The number of nitrogens with zero attached hydrogens (tertiary/aromatic N) is 4. The summed E-state index contributed by atoms with van der Waals surface area (Å²) in [5.74, 6) is -0.0935. The van der Waals surface area contributed by atoms with Crippen LogP contribution in [0.2, 0.25) is 10.0 Å². The van der Waals surface area contributed by atoms with Crippen LogP contribution in [0.1, 0.15) is 47.0 Å². The van der Waals surface area contributed by atoms with Crippen molar-refractivity contribution in [2.75, 3.05) is 20.3 Å². The molecule has 2 aromatic carbocycles. The number of aliphatic hydroxyl groups excluding tert-OH is 1. The summed E-state index contributed by atoms with van der Waals surface area (Å²) in [7, 11) is 3.34. The van der Waals surface area contributed by atoms with E-state index in [2.05, 4.69) is 9.97 Å². The van der Waals surface area contributed by atoms with Crippen molar-refractivity contribution in [2.45, 2.75) is 37.8 Å². The fourth-order valence-electron chi connectivity index (χ4n) is 5.58. The molecule has 0 spiro atoms. The number of aromatic nitrogens is 3. The smallest absolute Gasteiger partial charge is 0.177 e. The lowest BCUT2D eigenvalue weighted by Crippen LogP contribution is -2.45. The van der Waals surface area contributed by atoms with Crippen LogP contribution in [0.15, 0.2) is 61.2 Å². The van der Waals surface area contributed by atoms with E-state index in [1.165, 1.54) is 19.4 Å². The van der Waals surface area contributed by atoms with Gasteiger partial charge in [-0.15, -0.1) is 0 Å². The molecule has 41 heavy (non-hydrogen) atoms. The molecule has 5 rings (SSSR count). The van der Waals surface area contributed by atoms with E-state index < -0.39 is 17.1 Å². The van der Waals surface area contributed by atoms with E-state index >= 15 is 4.39 Å². The van der Waals surface area contributed by atoms with Gasteiger partial charge in [-0.05, 0) is 35.7 Å². The second-order valence-corrected chi connectivity index (χ2v) is 10.9. The molecule has 8 nitrogen and oxygen atoms in total. The molecule has 1 aliphatic rings. The molecular formula is C30H31Cl2FN4O4. The van der Waals surface area contributed by atoms with Crippen LogP contribution < -0.4 is 4.74 Å². The third-order valence-electron chi connectivity index (χ3n) is 7.53. The third-order valence-corrected chi connectivity index (χ3v) is 7.99. The van der Waals surface area contributed by atoms with Gasteiger partial charge >= 0.3 is 0 Å². The second-order valence-electron chi connectivity index (χ2n) is 10.0. The number of hydrogen-bond donors (Lipinski definition) is 2. The molecule has 0 amide bonds. The maximum atomic E-state index is 16.5. The van der Waals surface area contributed by atoms with Gasteiger partial charge in [0.1, 0.15) is 17.2 Å². The predicted octanol–water partition coefficient (Wildman–Crippen LogP) is 5.14. The van der Waals surface area contributed by atoms with Gasteiger partial charge in [0, 0.05) is 54.7 Å². The summed E-state index contributed by atoms with van der Waals surface area (Å²) < 4.78 is 30.2. The molecule has 0 fully saturated rings. The molecule has 3 heterocycles. The molecule has 2 aromatic heterocycles. The highest BCUT2D eigenvalue weighted by atomic mass is 35.5. The fourth-order valence-corrected chi connectivity index (χ4v) is 5.85. The fraction of sp³-hybridized carbons (Fsp3) is 0.333. The molecule has 1 unspecified atom stereocenters. The molecule has 11 heteroatoms. The number of benzene rings is 2. The number of pyridine rings is 1. The quantitative estimate of drug-likeness (QED) is 0.260. The van der Waals surface area contributed by atoms with Crippen LogP contribution in [-0.4, -0.2) is 50.0 Å². The van der Waals surface area contributed by atoms with Crippen LogP contribution >= 0.6 is 23.2 Å². The van der Waals surface area contributed by atoms with Crippen molar-refractivity contribution in [2.24, 2.45) is 7.05 Å². The SMILES string of the molecule is CCC(O)(c1cc(F)c2c(c1)CN(Cc1ncc(Cl)cc1OC)[C@@]2(OCCO)c1ccc(Cl)cc1)c1cn(C)cn1. The molecule has 216 valence electrons. The Morgan fingerprint density at radius 1 is 1.12 bits per heavy atom. The van der Waals surface area contributed by atoms with Gasteiger partial charge in [-0.2, -0.15) is 0 Å². The molecule has 2 N–H and O–H groups in total. The Morgan fingerprint density at radius 3 is 2.51 bits per heavy atom. The Kier molecular flexibility index (Phi) is 8.39. The van der Waals surface area contributed by atoms with Crippen LogP contribution in [0, 0.1) is 5.82 Å². The Balaban J connectivity index is 1.72. The monoisotopic (exact) mass is 600 g/mol. The number of hydrogen-bond acceptors (Lipinski definition) is 7. The lowest BCUT2D eigenvalue weighted by atomic mass is 9.84. The van der Waals surface area contributed by atoms with Crippen molar-refractivity contribution >= 4 is 23.2 Å². The van der Waals surface area contributed by atoms with E-state index in [9.17, 15) is 10.2 Å². The number of fused-ring (bicyclic) bond motifs is 1. The molecule has 0 saturated heterocycles. The van der Waals surface area contributed by atoms with Crippen molar-refractivity contribution in [1.82, 2.24) is 19.4 Å². The Hall–Kier alpha value is -3.05. The molecule has 0 bridgehead atoms. The van der Waals surface area contributed by atoms with Crippen LogP contribution in [0.4, 0.5) is 4.39 Å². The molecule has 2 atom stereocenters. The van der Waals surface area contributed by atoms with Crippen LogP contribution in [0.25, 0.3) is 0 Å². The van der Waals surface area contributed by atoms with Gasteiger partial charge in [-0.25, -0.2) is 9.37 Å². The molecule has 0 saturated carbocycles. The number of imidazole rings is 1. The van der Waals surface area contributed by atoms with Crippen molar-refractivity contribution in [3.8, 4) is 5.75 Å². The first-order valence-electron chi connectivity index (χ1n) is 13.1. The lowest BCUT2D eigenvalue weighted by molar-refractivity contribution is -0.139. The largest absolute Gasteiger partial charge is 0.495 e. The molecular weight excluding hydrogens is 570 g/mol. The second kappa shape index (κ2) is 11.7. The molecule has 4 aromatic rings. The Bertz CT molecular complexity index is 1550. The average molecular weight is 602 g/mol. The molecule has 1 aliphatic heterocycles.